The number of aryl methyl sites for hydroxylation is 2. The minimum absolute atomic E-state index is 0.123. The van der Waals surface area contributed by atoms with Crippen molar-refractivity contribution in [1.29, 1.82) is 0 Å². The predicted octanol–water partition coefficient (Wildman–Crippen LogP) is 1.95. The summed E-state index contributed by atoms with van der Waals surface area (Å²) in [5, 5.41) is 5.76. The van der Waals surface area contributed by atoms with E-state index in [2.05, 4.69) is 25.4 Å². The van der Waals surface area contributed by atoms with Crippen molar-refractivity contribution in [2.24, 2.45) is 0 Å². The molecule has 0 radical (unpaired) electrons. The number of halogens is 1. The number of aromatic nitrogens is 5. The fraction of sp³-hybridized carbons (Fsp3) is 0.312. The highest BCUT2D eigenvalue weighted by atomic mass is 35.5. The standard InChI is InChI=1S/C16H18ClN7O4S/c1-4-5-10-6-7-11-19-13(17)14(24(11)22-10)29(26,27)23-16(25)21-15-18-9(2)8-12(20-15)28-3/h6-8H,4-5H2,1-3H3,(H2,18,20,21,23,25). The quantitative estimate of drug-likeness (QED) is 0.593. The van der Waals surface area contributed by atoms with Crippen molar-refractivity contribution >= 4 is 39.3 Å². The van der Waals surface area contributed by atoms with Gasteiger partial charge in [-0.15, -0.1) is 0 Å². The number of nitrogens with zero attached hydrogens (tertiary/aromatic N) is 5. The van der Waals surface area contributed by atoms with Gasteiger partial charge in [0, 0.05) is 11.8 Å². The minimum Gasteiger partial charge on any atom is -0.481 e. The third-order valence-electron chi connectivity index (χ3n) is 3.70. The van der Waals surface area contributed by atoms with E-state index >= 15 is 0 Å². The van der Waals surface area contributed by atoms with Crippen molar-refractivity contribution in [2.45, 2.75) is 31.7 Å². The zero-order valence-electron chi connectivity index (χ0n) is 15.8. The fourth-order valence-corrected chi connectivity index (χ4v) is 4.03. The van der Waals surface area contributed by atoms with Gasteiger partial charge >= 0.3 is 6.03 Å². The van der Waals surface area contributed by atoms with Gasteiger partial charge in [0.2, 0.25) is 16.9 Å². The first-order chi connectivity index (χ1) is 13.7. The summed E-state index contributed by atoms with van der Waals surface area (Å²) < 4.78 is 33.5. The molecule has 0 spiro atoms. The van der Waals surface area contributed by atoms with Crippen molar-refractivity contribution < 1.29 is 17.9 Å². The van der Waals surface area contributed by atoms with Gasteiger partial charge in [0.1, 0.15) is 0 Å². The van der Waals surface area contributed by atoms with Crippen LogP contribution in [0.3, 0.4) is 0 Å². The Balaban J connectivity index is 1.89. The third kappa shape index (κ3) is 4.54. The molecule has 0 saturated carbocycles. The summed E-state index contributed by atoms with van der Waals surface area (Å²) in [6.45, 7) is 3.64. The molecule has 29 heavy (non-hydrogen) atoms. The lowest BCUT2D eigenvalue weighted by Crippen LogP contribution is -2.35. The number of sulfonamides is 1. The Bertz CT molecular complexity index is 1180. The Morgan fingerprint density at radius 3 is 2.72 bits per heavy atom. The topological polar surface area (TPSA) is 140 Å². The summed E-state index contributed by atoms with van der Waals surface area (Å²) in [6, 6.07) is 3.82. The van der Waals surface area contributed by atoms with Gasteiger partial charge in [-0.25, -0.2) is 19.5 Å². The Kier molecular flexibility index (Phi) is 5.84. The van der Waals surface area contributed by atoms with Crippen molar-refractivity contribution in [3.63, 3.8) is 0 Å². The van der Waals surface area contributed by atoms with Gasteiger partial charge in [0.25, 0.3) is 10.0 Å². The van der Waals surface area contributed by atoms with Crippen LogP contribution >= 0.6 is 11.6 Å². The molecule has 0 aliphatic heterocycles. The van der Waals surface area contributed by atoms with E-state index in [4.69, 9.17) is 16.3 Å². The molecule has 0 fully saturated rings. The van der Waals surface area contributed by atoms with E-state index in [0.717, 1.165) is 10.9 Å². The molecule has 3 rings (SSSR count). The highest BCUT2D eigenvalue weighted by molar-refractivity contribution is 7.90. The zero-order chi connectivity index (χ0) is 21.2. The second-order valence-electron chi connectivity index (χ2n) is 5.99. The Morgan fingerprint density at radius 1 is 1.28 bits per heavy atom. The summed E-state index contributed by atoms with van der Waals surface area (Å²) in [5.41, 5.74) is 1.42. The zero-order valence-corrected chi connectivity index (χ0v) is 17.4. The fourth-order valence-electron chi connectivity index (χ4n) is 2.54. The Labute approximate surface area is 171 Å². The van der Waals surface area contributed by atoms with Crippen LogP contribution in [0.4, 0.5) is 10.7 Å². The van der Waals surface area contributed by atoms with Gasteiger partial charge in [0.05, 0.1) is 12.8 Å². The molecule has 154 valence electrons. The molecule has 0 unspecified atom stereocenters. The smallest absolute Gasteiger partial charge is 0.335 e. The number of anilines is 1. The molecule has 2 N–H and O–H groups in total. The van der Waals surface area contributed by atoms with E-state index in [0.29, 0.717) is 17.8 Å². The number of amides is 2. The van der Waals surface area contributed by atoms with Gasteiger partial charge in [0.15, 0.2) is 10.8 Å². The second-order valence-corrected chi connectivity index (χ2v) is 7.94. The van der Waals surface area contributed by atoms with E-state index in [1.54, 1.807) is 25.1 Å². The lowest BCUT2D eigenvalue weighted by atomic mass is 10.2. The number of fused-ring (bicyclic) bond motifs is 1. The van der Waals surface area contributed by atoms with E-state index in [-0.39, 0.29) is 22.6 Å². The molecule has 2 amide bonds. The molecule has 0 aromatic carbocycles. The number of imidazole rings is 1. The number of urea groups is 1. The van der Waals surface area contributed by atoms with Crippen molar-refractivity contribution in [3.8, 4) is 5.88 Å². The number of nitrogens with one attached hydrogen (secondary N) is 2. The Morgan fingerprint density at radius 2 is 2.03 bits per heavy atom. The van der Waals surface area contributed by atoms with Crippen molar-refractivity contribution in [2.75, 3.05) is 12.4 Å². The SMILES string of the molecule is CCCc1ccc2nc(Cl)c(S(=O)(=O)NC(=O)Nc3nc(C)cc(OC)n3)n2n1. The average molecular weight is 440 g/mol. The number of methoxy groups -OCH3 is 1. The third-order valence-corrected chi connectivity index (χ3v) is 5.41. The minimum atomic E-state index is -4.39. The monoisotopic (exact) mass is 439 g/mol. The average Bonchev–Trinajstić information content (AvgIpc) is 2.96. The molecule has 0 bridgehead atoms. The van der Waals surface area contributed by atoms with Crippen LogP contribution in [0.1, 0.15) is 24.7 Å². The summed E-state index contributed by atoms with van der Waals surface area (Å²) in [7, 11) is -2.99. The molecule has 0 aliphatic rings. The summed E-state index contributed by atoms with van der Waals surface area (Å²) >= 11 is 6.02. The lowest BCUT2D eigenvalue weighted by molar-refractivity contribution is 0.256. The maximum Gasteiger partial charge on any atom is 0.335 e. The van der Waals surface area contributed by atoms with Crippen LogP contribution in [0.25, 0.3) is 5.65 Å². The van der Waals surface area contributed by atoms with Crippen LogP contribution in [-0.4, -0.2) is 46.1 Å². The number of carbonyl (C=O) groups is 1. The van der Waals surface area contributed by atoms with Crippen LogP contribution in [0.2, 0.25) is 5.15 Å². The normalized spacial score (nSPS) is 11.4. The van der Waals surface area contributed by atoms with Crippen LogP contribution in [0, 0.1) is 6.92 Å². The molecule has 11 nitrogen and oxygen atoms in total. The van der Waals surface area contributed by atoms with Crippen molar-refractivity contribution in [1.82, 2.24) is 29.3 Å². The maximum absolute atomic E-state index is 12.8. The number of ether oxygens (including phenoxy) is 1. The molecule has 3 aromatic rings. The number of hydrogen-bond donors (Lipinski definition) is 2. The molecule has 3 heterocycles. The highest BCUT2D eigenvalue weighted by Gasteiger charge is 2.28. The molecular weight excluding hydrogens is 422 g/mol. The first kappa shape index (κ1) is 20.7. The van der Waals surface area contributed by atoms with Crippen LogP contribution in [0.5, 0.6) is 5.88 Å². The number of carbonyl (C=O) groups excluding carboxylic acids is 1. The largest absolute Gasteiger partial charge is 0.481 e. The molecular formula is C16H18ClN7O4S. The second kappa shape index (κ2) is 8.17. The van der Waals surface area contributed by atoms with E-state index in [9.17, 15) is 13.2 Å². The lowest BCUT2D eigenvalue weighted by Gasteiger charge is -2.09. The molecule has 0 aliphatic carbocycles. The van der Waals surface area contributed by atoms with E-state index in [1.165, 1.54) is 7.11 Å². The molecule has 13 heteroatoms. The van der Waals surface area contributed by atoms with E-state index in [1.807, 2.05) is 11.6 Å². The predicted molar refractivity (Wildman–Crippen MR) is 105 cm³/mol. The first-order valence-electron chi connectivity index (χ1n) is 8.51. The molecule has 0 saturated heterocycles. The van der Waals surface area contributed by atoms with Gasteiger partial charge < -0.3 is 4.74 Å². The molecule has 0 atom stereocenters. The van der Waals surface area contributed by atoms with Crippen LogP contribution in [-0.2, 0) is 16.4 Å². The number of hydrogen-bond acceptors (Lipinski definition) is 8. The van der Waals surface area contributed by atoms with Crippen LogP contribution < -0.4 is 14.8 Å². The van der Waals surface area contributed by atoms with Crippen LogP contribution in [0.15, 0.2) is 23.2 Å². The highest BCUT2D eigenvalue weighted by Crippen LogP contribution is 2.22. The summed E-state index contributed by atoms with van der Waals surface area (Å²) in [4.78, 5) is 24.1. The van der Waals surface area contributed by atoms with Crippen molar-refractivity contribution in [3.05, 3.63) is 34.7 Å². The van der Waals surface area contributed by atoms with Gasteiger partial charge in [-0.05, 0) is 25.5 Å². The first-order valence-corrected chi connectivity index (χ1v) is 10.4. The summed E-state index contributed by atoms with van der Waals surface area (Å²) in [6.07, 6.45) is 1.47. The Hall–Kier alpha value is -2.99. The van der Waals surface area contributed by atoms with E-state index < -0.39 is 21.1 Å². The van der Waals surface area contributed by atoms with Gasteiger partial charge in [-0.1, -0.05) is 24.9 Å². The van der Waals surface area contributed by atoms with Gasteiger partial charge in [-0.3, -0.25) is 5.32 Å². The van der Waals surface area contributed by atoms with Gasteiger partial charge in [-0.2, -0.15) is 23.0 Å². The summed E-state index contributed by atoms with van der Waals surface area (Å²) in [5.74, 6) is 0.0929. The molecule has 3 aromatic heterocycles. The number of rotatable bonds is 6. The maximum atomic E-state index is 12.8.